The summed E-state index contributed by atoms with van der Waals surface area (Å²) in [4.78, 5) is 9.44. The van der Waals surface area contributed by atoms with Crippen LogP contribution in [0.25, 0.3) is 0 Å². The van der Waals surface area contributed by atoms with E-state index >= 15 is 0 Å². The highest BCUT2D eigenvalue weighted by Gasteiger charge is 2.30. The van der Waals surface area contributed by atoms with Crippen LogP contribution >= 0.6 is 0 Å². The van der Waals surface area contributed by atoms with Gasteiger partial charge in [-0.15, -0.1) is 0 Å². The molecule has 0 saturated carbocycles. The molecule has 150 valence electrons. The van der Waals surface area contributed by atoms with E-state index in [9.17, 15) is 0 Å². The van der Waals surface area contributed by atoms with Crippen molar-refractivity contribution in [1.29, 1.82) is 0 Å². The summed E-state index contributed by atoms with van der Waals surface area (Å²) in [6.45, 7) is 9.64. The molecule has 1 atom stereocenters. The number of guanidine groups is 1. The highest BCUT2D eigenvalue weighted by Crippen LogP contribution is 2.18. The second-order valence-electron chi connectivity index (χ2n) is 7.29. The van der Waals surface area contributed by atoms with Crippen molar-refractivity contribution in [3.63, 3.8) is 0 Å². The lowest BCUT2D eigenvalue weighted by Gasteiger charge is -2.32. The van der Waals surface area contributed by atoms with Crippen molar-refractivity contribution in [2.75, 3.05) is 53.0 Å². The van der Waals surface area contributed by atoms with Crippen molar-refractivity contribution in [2.45, 2.75) is 38.8 Å². The molecular formula is C21H34N4O2. The molecule has 0 aliphatic carbocycles. The molecule has 2 aliphatic rings. The molecule has 2 fully saturated rings. The third-order valence-corrected chi connectivity index (χ3v) is 5.35. The second-order valence-corrected chi connectivity index (χ2v) is 7.29. The van der Waals surface area contributed by atoms with Gasteiger partial charge >= 0.3 is 0 Å². The van der Waals surface area contributed by atoms with Crippen LogP contribution < -0.4 is 10.1 Å². The lowest BCUT2D eigenvalue weighted by Crippen LogP contribution is -2.46. The molecule has 3 rings (SSSR count). The van der Waals surface area contributed by atoms with Gasteiger partial charge in [0.15, 0.2) is 5.96 Å². The highest BCUT2D eigenvalue weighted by molar-refractivity contribution is 5.80. The topological polar surface area (TPSA) is 49.3 Å². The number of hydrogen-bond donors (Lipinski definition) is 1. The third-order valence-electron chi connectivity index (χ3n) is 5.35. The molecule has 1 unspecified atom stereocenters. The van der Waals surface area contributed by atoms with Crippen LogP contribution in [0, 0.1) is 0 Å². The van der Waals surface area contributed by atoms with E-state index in [1.54, 1.807) is 0 Å². The first kappa shape index (κ1) is 20.0. The van der Waals surface area contributed by atoms with Crippen LogP contribution in [0.4, 0.5) is 0 Å². The molecule has 6 nitrogen and oxygen atoms in total. The quantitative estimate of drug-likeness (QED) is 0.451. The van der Waals surface area contributed by atoms with Crippen LogP contribution in [0.2, 0.25) is 0 Å². The van der Waals surface area contributed by atoms with E-state index in [4.69, 9.17) is 9.47 Å². The van der Waals surface area contributed by atoms with E-state index in [1.165, 1.54) is 12.0 Å². The van der Waals surface area contributed by atoms with Crippen LogP contribution in [0.1, 0.15) is 31.7 Å². The van der Waals surface area contributed by atoms with Crippen LogP contribution in [0.3, 0.4) is 0 Å². The molecule has 0 aromatic heterocycles. The molecule has 0 spiro atoms. The van der Waals surface area contributed by atoms with Crippen molar-refractivity contribution in [2.24, 2.45) is 4.99 Å². The van der Waals surface area contributed by atoms with Gasteiger partial charge < -0.3 is 19.7 Å². The van der Waals surface area contributed by atoms with Gasteiger partial charge in [0.25, 0.3) is 0 Å². The Bertz CT molecular complexity index is 602. The zero-order valence-corrected chi connectivity index (χ0v) is 16.8. The number of morpholine rings is 1. The Kier molecular flexibility index (Phi) is 7.78. The number of unbranched alkanes of at least 4 members (excludes halogenated alkanes) is 1. The van der Waals surface area contributed by atoms with E-state index in [2.05, 4.69) is 45.2 Å². The Morgan fingerprint density at radius 2 is 2.15 bits per heavy atom. The van der Waals surface area contributed by atoms with Crippen molar-refractivity contribution < 1.29 is 9.47 Å². The molecule has 0 amide bonds. The van der Waals surface area contributed by atoms with Gasteiger partial charge in [0.2, 0.25) is 0 Å². The molecule has 1 N–H and O–H groups in total. The molecule has 27 heavy (non-hydrogen) atoms. The maximum atomic E-state index is 5.82. The first-order chi connectivity index (χ1) is 13.3. The molecule has 0 radical (unpaired) electrons. The Morgan fingerprint density at radius 3 is 2.93 bits per heavy atom. The molecule has 1 aromatic rings. The fourth-order valence-corrected chi connectivity index (χ4v) is 3.77. The number of likely N-dealkylation sites (tertiary alicyclic amines) is 1. The molecule has 6 heteroatoms. The number of rotatable bonds is 7. The maximum Gasteiger partial charge on any atom is 0.193 e. The van der Waals surface area contributed by atoms with Gasteiger partial charge in [-0.1, -0.05) is 25.5 Å². The minimum Gasteiger partial charge on any atom is -0.494 e. The van der Waals surface area contributed by atoms with Gasteiger partial charge in [-0.2, -0.15) is 0 Å². The monoisotopic (exact) mass is 374 g/mol. The smallest absolute Gasteiger partial charge is 0.193 e. The second kappa shape index (κ2) is 10.5. The summed E-state index contributed by atoms with van der Waals surface area (Å²) in [5.74, 6) is 1.94. The zero-order chi connectivity index (χ0) is 18.9. The SMILES string of the molecule is CCCCOc1cccc(CNC(=NC)N2CCC(N3CCOCC3)C2)c1. The molecule has 0 bridgehead atoms. The summed E-state index contributed by atoms with van der Waals surface area (Å²) in [5, 5.41) is 3.52. The van der Waals surface area contributed by atoms with Crippen molar-refractivity contribution in [3.05, 3.63) is 29.8 Å². The Balaban J connectivity index is 1.48. The number of aliphatic imine (C=N–C) groups is 1. The van der Waals surface area contributed by atoms with Crippen LogP contribution in [0.5, 0.6) is 5.75 Å². The fourth-order valence-electron chi connectivity index (χ4n) is 3.77. The Labute approximate surface area is 163 Å². The number of benzene rings is 1. The third kappa shape index (κ3) is 5.84. The van der Waals surface area contributed by atoms with Gasteiger partial charge in [0.05, 0.1) is 19.8 Å². The Hall–Kier alpha value is -1.79. The van der Waals surface area contributed by atoms with Crippen molar-refractivity contribution in [1.82, 2.24) is 15.1 Å². The summed E-state index contributed by atoms with van der Waals surface area (Å²) in [7, 11) is 1.87. The standard InChI is InChI=1S/C21H34N4O2/c1-3-4-12-27-20-7-5-6-18(15-20)16-23-21(22-2)25-9-8-19(17-25)24-10-13-26-14-11-24/h5-7,15,19H,3-4,8-14,16-17H2,1-2H3,(H,22,23). The minimum absolute atomic E-state index is 0.614. The highest BCUT2D eigenvalue weighted by atomic mass is 16.5. The van der Waals surface area contributed by atoms with Crippen molar-refractivity contribution in [3.8, 4) is 5.75 Å². The van der Waals surface area contributed by atoms with Gasteiger partial charge in [-0.05, 0) is 30.5 Å². The normalized spacial score (nSPS) is 21.5. The predicted molar refractivity (Wildman–Crippen MR) is 109 cm³/mol. The van der Waals surface area contributed by atoms with E-state index < -0.39 is 0 Å². The molecular weight excluding hydrogens is 340 g/mol. The largest absolute Gasteiger partial charge is 0.494 e. The number of hydrogen-bond acceptors (Lipinski definition) is 4. The first-order valence-electron chi connectivity index (χ1n) is 10.3. The summed E-state index contributed by atoms with van der Waals surface area (Å²) < 4.78 is 11.3. The summed E-state index contributed by atoms with van der Waals surface area (Å²) in [5.41, 5.74) is 1.22. The first-order valence-corrected chi connectivity index (χ1v) is 10.3. The van der Waals surface area contributed by atoms with Crippen LogP contribution in [-0.2, 0) is 11.3 Å². The van der Waals surface area contributed by atoms with Gasteiger partial charge in [0, 0.05) is 45.8 Å². The lowest BCUT2D eigenvalue weighted by atomic mass is 10.2. The van der Waals surface area contributed by atoms with E-state index in [0.717, 1.165) is 77.1 Å². The van der Waals surface area contributed by atoms with Crippen LogP contribution in [-0.4, -0.2) is 74.8 Å². The molecule has 2 saturated heterocycles. The maximum absolute atomic E-state index is 5.82. The molecule has 2 aliphatic heterocycles. The molecule has 1 aromatic carbocycles. The minimum atomic E-state index is 0.614. The Morgan fingerprint density at radius 1 is 1.30 bits per heavy atom. The average molecular weight is 375 g/mol. The predicted octanol–water partition coefficient (Wildman–Crippen LogP) is 2.35. The van der Waals surface area contributed by atoms with E-state index in [0.29, 0.717) is 6.04 Å². The number of nitrogens with one attached hydrogen (secondary N) is 1. The lowest BCUT2D eigenvalue weighted by molar-refractivity contribution is 0.0195. The van der Waals surface area contributed by atoms with Gasteiger partial charge in [0.1, 0.15) is 5.75 Å². The fraction of sp³-hybridized carbons (Fsp3) is 0.667. The van der Waals surface area contributed by atoms with Crippen LogP contribution in [0.15, 0.2) is 29.3 Å². The number of ether oxygens (including phenoxy) is 2. The van der Waals surface area contributed by atoms with E-state index in [-0.39, 0.29) is 0 Å². The van der Waals surface area contributed by atoms with E-state index in [1.807, 2.05) is 13.1 Å². The van der Waals surface area contributed by atoms with Gasteiger partial charge in [-0.25, -0.2) is 0 Å². The average Bonchev–Trinajstić information content (AvgIpc) is 3.20. The number of nitrogens with zero attached hydrogens (tertiary/aromatic N) is 3. The summed E-state index contributed by atoms with van der Waals surface area (Å²) in [6.07, 6.45) is 3.44. The summed E-state index contributed by atoms with van der Waals surface area (Å²) >= 11 is 0. The molecule has 2 heterocycles. The zero-order valence-electron chi connectivity index (χ0n) is 16.8. The summed E-state index contributed by atoms with van der Waals surface area (Å²) in [6, 6.07) is 8.96. The van der Waals surface area contributed by atoms with Gasteiger partial charge in [-0.3, -0.25) is 9.89 Å². The van der Waals surface area contributed by atoms with Crippen molar-refractivity contribution >= 4 is 5.96 Å².